The number of amides is 1. The van der Waals surface area contributed by atoms with Crippen molar-refractivity contribution in [2.75, 3.05) is 38.7 Å². The molecule has 0 aliphatic carbocycles. The molecule has 0 saturated carbocycles. The lowest BCUT2D eigenvalue weighted by atomic mass is 10.1. The fourth-order valence-corrected chi connectivity index (χ4v) is 2.12. The second-order valence-corrected chi connectivity index (χ2v) is 4.98. The zero-order chi connectivity index (χ0) is 14.4. The van der Waals surface area contributed by atoms with Gasteiger partial charge in [-0.15, -0.1) is 0 Å². The van der Waals surface area contributed by atoms with Gasteiger partial charge in [-0.3, -0.25) is 4.79 Å². The molecule has 1 amide bonds. The lowest BCUT2D eigenvalue weighted by Crippen LogP contribution is -2.41. The highest BCUT2D eigenvalue weighted by molar-refractivity contribution is 7.80. The maximum absolute atomic E-state index is 12.1. The van der Waals surface area contributed by atoms with Crippen molar-refractivity contribution in [1.29, 1.82) is 0 Å². The van der Waals surface area contributed by atoms with Gasteiger partial charge >= 0.3 is 0 Å². The number of nitrogens with zero attached hydrogens (tertiary/aromatic N) is 1. The predicted octanol–water partition coefficient (Wildman–Crippen LogP) is 1.00. The molecule has 5 nitrogen and oxygen atoms in total. The van der Waals surface area contributed by atoms with Crippen LogP contribution in [0.1, 0.15) is 5.56 Å². The van der Waals surface area contributed by atoms with E-state index in [4.69, 9.17) is 17.0 Å². The normalized spacial score (nSPS) is 14.8. The van der Waals surface area contributed by atoms with Crippen LogP contribution in [0.25, 0.3) is 0 Å². The van der Waals surface area contributed by atoms with E-state index < -0.39 is 0 Å². The van der Waals surface area contributed by atoms with E-state index in [2.05, 4.69) is 10.6 Å². The topological polar surface area (TPSA) is 53.6 Å². The Labute approximate surface area is 124 Å². The van der Waals surface area contributed by atoms with Gasteiger partial charge in [-0.1, -0.05) is 12.1 Å². The fraction of sp³-hybridized carbons (Fsp3) is 0.429. The molecule has 1 aliphatic heterocycles. The van der Waals surface area contributed by atoms with Crippen molar-refractivity contribution in [3.05, 3.63) is 29.8 Å². The second kappa shape index (κ2) is 7.21. The van der Waals surface area contributed by atoms with E-state index in [-0.39, 0.29) is 5.91 Å². The molecule has 1 saturated heterocycles. The summed E-state index contributed by atoms with van der Waals surface area (Å²) in [7, 11) is 1.77. The third kappa shape index (κ3) is 4.18. The molecule has 1 aromatic carbocycles. The molecule has 20 heavy (non-hydrogen) atoms. The lowest BCUT2D eigenvalue weighted by molar-refractivity contribution is -0.134. The molecular weight excluding hydrogens is 274 g/mol. The molecule has 0 radical (unpaired) electrons. The van der Waals surface area contributed by atoms with Crippen molar-refractivity contribution in [1.82, 2.24) is 10.2 Å². The maximum Gasteiger partial charge on any atom is 0.227 e. The minimum atomic E-state index is 0.153. The molecule has 108 valence electrons. The van der Waals surface area contributed by atoms with Gasteiger partial charge in [0.2, 0.25) is 5.91 Å². The van der Waals surface area contributed by atoms with Crippen LogP contribution in [0.3, 0.4) is 0 Å². The minimum Gasteiger partial charge on any atom is -0.378 e. The molecule has 0 aromatic heterocycles. The van der Waals surface area contributed by atoms with Gasteiger partial charge in [0, 0.05) is 25.8 Å². The quantitative estimate of drug-likeness (QED) is 0.815. The Balaban J connectivity index is 1.89. The molecule has 1 fully saturated rings. The minimum absolute atomic E-state index is 0.153. The summed E-state index contributed by atoms with van der Waals surface area (Å²) in [6.45, 7) is 2.65. The maximum atomic E-state index is 12.1. The Hall–Kier alpha value is -1.66. The van der Waals surface area contributed by atoms with Crippen LogP contribution in [-0.2, 0) is 16.0 Å². The van der Waals surface area contributed by atoms with Crippen LogP contribution in [0.4, 0.5) is 5.69 Å². The van der Waals surface area contributed by atoms with Gasteiger partial charge in [0.05, 0.1) is 19.6 Å². The number of hydrogen-bond donors (Lipinski definition) is 2. The number of carbonyl (C=O) groups is 1. The molecule has 0 bridgehead atoms. The number of nitrogens with one attached hydrogen (secondary N) is 2. The largest absolute Gasteiger partial charge is 0.378 e. The third-order valence-corrected chi connectivity index (χ3v) is 3.46. The van der Waals surface area contributed by atoms with Crippen LogP contribution in [0.2, 0.25) is 0 Å². The van der Waals surface area contributed by atoms with Crippen LogP contribution in [0.15, 0.2) is 24.3 Å². The van der Waals surface area contributed by atoms with E-state index in [0.29, 0.717) is 37.8 Å². The van der Waals surface area contributed by atoms with Crippen molar-refractivity contribution in [3.8, 4) is 0 Å². The smallest absolute Gasteiger partial charge is 0.227 e. The molecule has 0 unspecified atom stereocenters. The number of morpholine rings is 1. The number of thiocarbonyl (C=S) groups is 1. The summed E-state index contributed by atoms with van der Waals surface area (Å²) in [6.07, 6.45) is 0.427. The lowest BCUT2D eigenvalue weighted by Gasteiger charge is -2.26. The molecule has 0 atom stereocenters. The van der Waals surface area contributed by atoms with Crippen molar-refractivity contribution in [2.45, 2.75) is 6.42 Å². The number of carbonyl (C=O) groups excluding carboxylic acids is 1. The highest BCUT2D eigenvalue weighted by atomic mass is 32.1. The number of anilines is 1. The molecule has 2 rings (SSSR count). The van der Waals surface area contributed by atoms with E-state index in [9.17, 15) is 4.79 Å². The highest BCUT2D eigenvalue weighted by Crippen LogP contribution is 2.11. The Bertz CT molecular complexity index is 470. The molecule has 1 aliphatic rings. The van der Waals surface area contributed by atoms with Crippen LogP contribution in [0, 0.1) is 0 Å². The van der Waals surface area contributed by atoms with Gasteiger partial charge in [-0.2, -0.15) is 0 Å². The van der Waals surface area contributed by atoms with Gasteiger partial charge in [-0.05, 0) is 29.9 Å². The first-order chi connectivity index (χ1) is 9.69. The van der Waals surface area contributed by atoms with Gasteiger partial charge in [-0.25, -0.2) is 0 Å². The first-order valence-corrected chi connectivity index (χ1v) is 7.03. The van der Waals surface area contributed by atoms with E-state index >= 15 is 0 Å². The molecule has 6 heteroatoms. The van der Waals surface area contributed by atoms with E-state index in [1.165, 1.54) is 0 Å². The summed E-state index contributed by atoms with van der Waals surface area (Å²) < 4.78 is 5.24. The van der Waals surface area contributed by atoms with E-state index in [0.717, 1.165) is 11.3 Å². The van der Waals surface area contributed by atoms with Crippen molar-refractivity contribution >= 4 is 28.9 Å². The molecular formula is C14H19N3O2S. The first-order valence-electron chi connectivity index (χ1n) is 6.62. The van der Waals surface area contributed by atoms with Crippen LogP contribution in [-0.4, -0.2) is 49.3 Å². The zero-order valence-electron chi connectivity index (χ0n) is 11.5. The molecule has 0 spiro atoms. The summed E-state index contributed by atoms with van der Waals surface area (Å²) in [5, 5.41) is 6.47. The summed E-state index contributed by atoms with van der Waals surface area (Å²) in [5.41, 5.74) is 1.91. The van der Waals surface area contributed by atoms with Crippen LogP contribution in [0.5, 0.6) is 0 Å². The zero-order valence-corrected chi connectivity index (χ0v) is 12.3. The van der Waals surface area contributed by atoms with Gasteiger partial charge < -0.3 is 20.3 Å². The average molecular weight is 293 g/mol. The van der Waals surface area contributed by atoms with Crippen molar-refractivity contribution in [3.63, 3.8) is 0 Å². The molecule has 1 heterocycles. The number of ether oxygens (including phenoxy) is 1. The Morgan fingerprint density at radius 3 is 2.55 bits per heavy atom. The van der Waals surface area contributed by atoms with Crippen LogP contribution >= 0.6 is 12.2 Å². The van der Waals surface area contributed by atoms with Crippen molar-refractivity contribution in [2.24, 2.45) is 0 Å². The standard InChI is InChI=1S/C14H19N3O2S/c1-15-14(20)16-12-4-2-11(3-5-12)10-13(18)17-6-8-19-9-7-17/h2-5H,6-10H2,1H3,(H2,15,16,20). The van der Waals surface area contributed by atoms with E-state index in [1.54, 1.807) is 7.05 Å². The van der Waals surface area contributed by atoms with Gasteiger partial charge in [0.1, 0.15) is 0 Å². The molecule has 1 aromatic rings. The van der Waals surface area contributed by atoms with Crippen LogP contribution < -0.4 is 10.6 Å². The SMILES string of the molecule is CNC(=S)Nc1ccc(CC(=O)N2CCOCC2)cc1. The third-order valence-electron chi connectivity index (χ3n) is 3.16. The summed E-state index contributed by atoms with van der Waals surface area (Å²) in [5.74, 6) is 0.153. The van der Waals surface area contributed by atoms with Gasteiger partial charge in [0.15, 0.2) is 5.11 Å². The number of hydrogen-bond acceptors (Lipinski definition) is 3. The monoisotopic (exact) mass is 293 g/mol. The molecule has 2 N–H and O–H groups in total. The summed E-state index contributed by atoms with van der Waals surface area (Å²) in [4.78, 5) is 14.0. The second-order valence-electron chi connectivity index (χ2n) is 4.57. The Morgan fingerprint density at radius 1 is 1.30 bits per heavy atom. The summed E-state index contributed by atoms with van der Waals surface area (Å²) >= 11 is 5.03. The number of rotatable bonds is 3. The van der Waals surface area contributed by atoms with E-state index in [1.807, 2.05) is 29.2 Å². The number of benzene rings is 1. The van der Waals surface area contributed by atoms with Gasteiger partial charge in [0.25, 0.3) is 0 Å². The average Bonchev–Trinajstić information content (AvgIpc) is 2.50. The predicted molar refractivity (Wildman–Crippen MR) is 82.8 cm³/mol. The fourth-order valence-electron chi connectivity index (χ4n) is 2.00. The van der Waals surface area contributed by atoms with Crippen molar-refractivity contribution < 1.29 is 9.53 Å². The Kier molecular flexibility index (Phi) is 5.31. The Morgan fingerprint density at radius 2 is 1.95 bits per heavy atom. The highest BCUT2D eigenvalue weighted by Gasteiger charge is 2.16. The summed E-state index contributed by atoms with van der Waals surface area (Å²) in [6, 6.07) is 7.73. The first kappa shape index (κ1) is 14.7.